The van der Waals surface area contributed by atoms with Gasteiger partial charge in [0.25, 0.3) is 0 Å². The first kappa shape index (κ1) is 9.44. The predicted molar refractivity (Wildman–Crippen MR) is 52.0 cm³/mol. The molecule has 1 aliphatic rings. The Balaban J connectivity index is 2.51. The van der Waals surface area contributed by atoms with Gasteiger partial charge < -0.3 is 5.11 Å². The maximum absolute atomic E-state index is 13.5. The van der Waals surface area contributed by atoms with E-state index in [0.29, 0.717) is 12.1 Å². The zero-order chi connectivity index (χ0) is 10.1. The largest absolute Gasteiger partial charge is 0.508 e. The molecule has 0 spiro atoms. The number of hydrogen-bond acceptors (Lipinski definition) is 2. The van der Waals surface area contributed by atoms with Crippen LogP contribution < -0.4 is 0 Å². The van der Waals surface area contributed by atoms with E-state index in [4.69, 9.17) is 0 Å². The van der Waals surface area contributed by atoms with Crippen LogP contribution in [0.2, 0.25) is 0 Å². The molecule has 0 unspecified atom stereocenters. The lowest BCUT2D eigenvalue weighted by molar-refractivity contribution is 0.273. The van der Waals surface area contributed by atoms with Crippen molar-refractivity contribution in [3.63, 3.8) is 0 Å². The molecule has 0 amide bonds. The standard InChI is InChI=1S/C11H14FNO/c1-2-7-3-4-8(12)11-10(7)9(14)5-6-13-11/h5-8H,2-4H2,1H3,(H,13,14)/t7-,8-/m1/s1. The zero-order valence-corrected chi connectivity index (χ0v) is 8.20. The molecule has 0 aromatic carbocycles. The van der Waals surface area contributed by atoms with Crippen molar-refractivity contribution in [1.29, 1.82) is 0 Å². The van der Waals surface area contributed by atoms with E-state index >= 15 is 0 Å². The van der Waals surface area contributed by atoms with Crippen LogP contribution in [0.25, 0.3) is 0 Å². The molecule has 1 aromatic rings. The molecule has 0 saturated heterocycles. The summed E-state index contributed by atoms with van der Waals surface area (Å²) in [5.41, 5.74) is 1.18. The number of nitrogens with zero attached hydrogens (tertiary/aromatic N) is 1. The average molecular weight is 195 g/mol. The Morgan fingerprint density at radius 3 is 3.07 bits per heavy atom. The molecule has 1 aromatic heterocycles. The molecule has 14 heavy (non-hydrogen) atoms. The number of fused-ring (bicyclic) bond motifs is 1. The highest BCUT2D eigenvalue weighted by Gasteiger charge is 2.29. The molecule has 0 aliphatic heterocycles. The predicted octanol–water partition coefficient (Wildman–Crippen LogP) is 3.09. The molecule has 0 radical (unpaired) electrons. The molecule has 1 heterocycles. The third-order valence-electron chi connectivity index (χ3n) is 2.96. The van der Waals surface area contributed by atoms with Crippen molar-refractivity contribution in [3.05, 3.63) is 23.5 Å². The lowest BCUT2D eigenvalue weighted by Crippen LogP contribution is -2.13. The topological polar surface area (TPSA) is 33.1 Å². The van der Waals surface area contributed by atoms with Crippen LogP contribution in [0.3, 0.4) is 0 Å². The van der Waals surface area contributed by atoms with E-state index in [9.17, 15) is 9.50 Å². The summed E-state index contributed by atoms with van der Waals surface area (Å²) in [6.45, 7) is 2.06. The molecule has 3 heteroatoms. The quantitative estimate of drug-likeness (QED) is 0.747. The van der Waals surface area contributed by atoms with E-state index in [-0.39, 0.29) is 11.7 Å². The fourth-order valence-electron chi connectivity index (χ4n) is 2.18. The summed E-state index contributed by atoms with van der Waals surface area (Å²) in [5.74, 6) is 0.467. The summed E-state index contributed by atoms with van der Waals surface area (Å²) in [6, 6.07) is 1.54. The van der Waals surface area contributed by atoms with Gasteiger partial charge in [-0.05, 0) is 31.2 Å². The van der Waals surface area contributed by atoms with E-state index in [1.165, 1.54) is 6.20 Å². The molecule has 1 aliphatic carbocycles. The first-order valence-electron chi connectivity index (χ1n) is 5.05. The number of aromatic nitrogens is 1. The molecular weight excluding hydrogens is 181 g/mol. The van der Waals surface area contributed by atoms with Gasteiger partial charge in [-0.3, -0.25) is 4.98 Å². The van der Waals surface area contributed by atoms with E-state index in [1.807, 2.05) is 0 Å². The van der Waals surface area contributed by atoms with Crippen molar-refractivity contribution in [3.8, 4) is 5.75 Å². The second kappa shape index (κ2) is 3.56. The van der Waals surface area contributed by atoms with Crippen LogP contribution in [0.1, 0.15) is 49.5 Å². The van der Waals surface area contributed by atoms with Gasteiger partial charge in [0.1, 0.15) is 11.9 Å². The van der Waals surface area contributed by atoms with E-state index in [1.54, 1.807) is 6.07 Å². The van der Waals surface area contributed by atoms with Gasteiger partial charge in [-0.1, -0.05) is 6.92 Å². The fraction of sp³-hybridized carbons (Fsp3) is 0.545. The van der Waals surface area contributed by atoms with Crippen LogP contribution in [0.15, 0.2) is 12.3 Å². The summed E-state index contributed by atoms with van der Waals surface area (Å²) in [4.78, 5) is 4.02. The summed E-state index contributed by atoms with van der Waals surface area (Å²) >= 11 is 0. The Morgan fingerprint density at radius 1 is 1.57 bits per heavy atom. The minimum atomic E-state index is -1.00. The Hall–Kier alpha value is -1.12. The van der Waals surface area contributed by atoms with Crippen LogP contribution in [0, 0.1) is 0 Å². The third kappa shape index (κ3) is 1.37. The monoisotopic (exact) mass is 195 g/mol. The SMILES string of the molecule is CC[C@@H]1CC[C@@H](F)c2nccc(O)c21. The van der Waals surface area contributed by atoms with Crippen molar-refractivity contribution >= 4 is 0 Å². The number of aromatic hydroxyl groups is 1. The molecule has 0 bridgehead atoms. The van der Waals surface area contributed by atoms with Crippen LogP contribution in [0.5, 0.6) is 5.75 Å². The Bertz CT molecular complexity index is 340. The molecular formula is C11H14FNO. The first-order chi connectivity index (χ1) is 6.74. The number of halogens is 1. The van der Waals surface area contributed by atoms with E-state index < -0.39 is 6.17 Å². The van der Waals surface area contributed by atoms with Crippen molar-refractivity contribution in [1.82, 2.24) is 4.98 Å². The highest BCUT2D eigenvalue weighted by Crippen LogP contribution is 2.43. The molecule has 2 nitrogen and oxygen atoms in total. The van der Waals surface area contributed by atoms with Crippen molar-refractivity contribution < 1.29 is 9.50 Å². The molecule has 1 N–H and O–H groups in total. The summed E-state index contributed by atoms with van der Waals surface area (Å²) < 4.78 is 13.5. The lowest BCUT2D eigenvalue weighted by Gasteiger charge is -2.26. The van der Waals surface area contributed by atoms with Gasteiger partial charge in [0.15, 0.2) is 0 Å². The Kier molecular flexibility index (Phi) is 2.40. The third-order valence-corrected chi connectivity index (χ3v) is 2.96. The van der Waals surface area contributed by atoms with Gasteiger partial charge in [0.2, 0.25) is 0 Å². The van der Waals surface area contributed by atoms with E-state index in [0.717, 1.165) is 18.4 Å². The van der Waals surface area contributed by atoms with Gasteiger partial charge in [-0.25, -0.2) is 4.39 Å². The Morgan fingerprint density at radius 2 is 2.36 bits per heavy atom. The summed E-state index contributed by atoms with van der Waals surface area (Å²) in [7, 11) is 0. The zero-order valence-electron chi connectivity index (χ0n) is 8.20. The van der Waals surface area contributed by atoms with Gasteiger partial charge >= 0.3 is 0 Å². The second-order valence-corrected chi connectivity index (χ2v) is 3.78. The van der Waals surface area contributed by atoms with Crippen LogP contribution in [0.4, 0.5) is 4.39 Å². The fourth-order valence-corrected chi connectivity index (χ4v) is 2.18. The van der Waals surface area contributed by atoms with Crippen LogP contribution >= 0.6 is 0 Å². The highest BCUT2D eigenvalue weighted by atomic mass is 19.1. The molecule has 0 saturated carbocycles. The van der Waals surface area contributed by atoms with E-state index in [2.05, 4.69) is 11.9 Å². The second-order valence-electron chi connectivity index (χ2n) is 3.78. The smallest absolute Gasteiger partial charge is 0.142 e. The first-order valence-corrected chi connectivity index (χ1v) is 5.05. The minimum absolute atomic E-state index is 0.198. The Labute approximate surface area is 82.8 Å². The van der Waals surface area contributed by atoms with Gasteiger partial charge in [0, 0.05) is 11.8 Å². The van der Waals surface area contributed by atoms with Gasteiger partial charge in [-0.15, -0.1) is 0 Å². The van der Waals surface area contributed by atoms with Gasteiger partial charge in [-0.2, -0.15) is 0 Å². The van der Waals surface area contributed by atoms with Crippen LogP contribution in [-0.2, 0) is 0 Å². The number of hydrogen-bond donors (Lipinski definition) is 1. The van der Waals surface area contributed by atoms with Crippen LogP contribution in [-0.4, -0.2) is 10.1 Å². The maximum atomic E-state index is 13.5. The van der Waals surface area contributed by atoms with Crippen molar-refractivity contribution in [2.45, 2.75) is 38.3 Å². The average Bonchev–Trinajstić information content (AvgIpc) is 2.20. The molecule has 2 rings (SSSR count). The number of alkyl halides is 1. The van der Waals surface area contributed by atoms with Gasteiger partial charge in [0.05, 0.1) is 5.69 Å². The van der Waals surface area contributed by atoms with Crippen molar-refractivity contribution in [2.75, 3.05) is 0 Å². The van der Waals surface area contributed by atoms with Crippen molar-refractivity contribution in [2.24, 2.45) is 0 Å². The number of rotatable bonds is 1. The normalized spacial score (nSPS) is 25.9. The lowest BCUT2D eigenvalue weighted by atomic mass is 9.82. The summed E-state index contributed by atoms with van der Waals surface area (Å²) in [6.07, 6.45) is 2.74. The molecule has 76 valence electrons. The number of pyridine rings is 1. The highest BCUT2D eigenvalue weighted by molar-refractivity contribution is 5.40. The molecule has 0 fully saturated rings. The minimum Gasteiger partial charge on any atom is -0.508 e. The molecule has 2 atom stereocenters. The summed E-state index contributed by atoms with van der Waals surface area (Å²) in [5, 5.41) is 9.67. The maximum Gasteiger partial charge on any atom is 0.142 e.